The average molecular weight is 536 g/mol. The Bertz CT molecular complexity index is 813. The molecule has 33 heavy (non-hydrogen) atoms. The lowest BCUT2D eigenvalue weighted by molar-refractivity contribution is -0.175. The first-order valence-corrected chi connectivity index (χ1v) is 19.9. The Hall–Kier alpha value is -0.906. The highest BCUT2D eigenvalue weighted by Gasteiger charge is 2.64. The second-order valence-electron chi connectivity index (χ2n) is 11.7. The molecule has 0 spiro atoms. The molecule has 4 bridgehead atoms. The summed E-state index contributed by atoms with van der Waals surface area (Å²) in [6.07, 6.45) is 2.55. The van der Waals surface area contributed by atoms with E-state index in [4.69, 9.17) is 26.9 Å². The third kappa shape index (κ3) is 4.21. The van der Waals surface area contributed by atoms with Crippen molar-refractivity contribution < 1.29 is 34.1 Å². The molecule has 10 atom stereocenters. The summed E-state index contributed by atoms with van der Waals surface area (Å²) in [5, 5.41) is 19.8. The van der Waals surface area contributed by atoms with Crippen LogP contribution in [-0.2, 0) is 23.9 Å². The van der Waals surface area contributed by atoms with E-state index in [2.05, 4.69) is 0 Å². The number of rotatable bonds is 6. The highest BCUT2D eigenvalue weighted by Crippen LogP contribution is 2.63. The fraction of sp³-hybridized carbons (Fsp3) is 0.818. The van der Waals surface area contributed by atoms with E-state index >= 15 is 0 Å². The molecule has 0 aliphatic heterocycles. The number of hydrogen-bond acceptors (Lipinski definition) is 5. The van der Waals surface area contributed by atoms with Crippen LogP contribution in [0.15, 0.2) is 0 Å². The van der Waals surface area contributed by atoms with Crippen molar-refractivity contribution in [3.63, 3.8) is 0 Å². The maximum atomic E-state index is 13.1. The van der Waals surface area contributed by atoms with Crippen molar-refractivity contribution in [2.24, 2.45) is 47.3 Å². The molecule has 4 aliphatic carbocycles. The largest absolute Gasteiger partial charge is 0.481 e. The summed E-state index contributed by atoms with van der Waals surface area (Å²) in [7, 11) is -4.24. The smallest absolute Gasteiger partial charge is 0.317 e. The summed E-state index contributed by atoms with van der Waals surface area (Å²) in [5.74, 6) is -8.07. The van der Waals surface area contributed by atoms with E-state index in [0.29, 0.717) is 25.7 Å². The second kappa shape index (κ2) is 8.34. The molecule has 2 N–H and O–H groups in total. The molecule has 0 heterocycles. The standard InChI is InChI=1S/C22H32Cl2O7Si2/c1-32(2,23)13-7-9-5-11(13)17(19(25)26)15(9)21(29)31-22(30)16-10-6-12(18(16)20(27)28)14(8-10)33(3,4)24/h9-18H,5-8H2,1-4H3,(H,25,26)(H,27,28). The Morgan fingerprint density at radius 1 is 0.667 bits per heavy atom. The van der Waals surface area contributed by atoms with Crippen molar-refractivity contribution in [2.45, 2.75) is 63.0 Å². The zero-order chi connectivity index (χ0) is 24.6. The summed E-state index contributed by atoms with van der Waals surface area (Å²) >= 11 is 13.3. The van der Waals surface area contributed by atoms with Gasteiger partial charge in [0.15, 0.2) is 14.8 Å². The Balaban J connectivity index is 1.50. The van der Waals surface area contributed by atoms with Gasteiger partial charge < -0.3 is 14.9 Å². The van der Waals surface area contributed by atoms with Crippen molar-refractivity contribution in [1.29, 1.82) is 0 Å². The van der Waals surface area contributed by atoms with Gasteiger partial charge in [0.25, 0.3) is 0 Å². The molecular formula is C22H32Cl2O7Si2. The molecule has 0 radical (unpaired) electrons. The summed E-state index contributed by atoms with van der Waals surface area (Å²) in [6, 6.07) is 0. The predicted molar refractivity (Wildman–Crippen MR) is 127 cm³/mol. The van der Waals surface area contributed by atoms with Crippen molar-refractivity contribution in [3.05, 3.63) is 0 Å². The van der Waals surface area contributed by atoms with Crippen molar-refractivity contribution >= 4 is 60.8 Å². The number of carbonyl (C=O) groups excluding carboxylic acids is 2. The van der Waals surface area contributed by atoms with Crippen LogP contribution in [0.1, 0.15) is 25.7 Å². The van der Waals surface area contributed by atoms with E-state index in [9.17, 15) is 29.4 Å². The van der Waals surface area contributed by atoms with Gasteiger partial charge in [0.1, 0.15) is 0 Å². The number of halogens is 2. The molecular weight excluding hydrogens is 503 g/mol. The zero-order valence-corrected chi connectivity index (χ0v) is 22.8. The summed E-state index contributed by atoms with van der Waals surface area (Å²) in [6.45, 7) is 7.98. The molecule has 10 unspecified atom stereocenters. The Labute approximate surface area is 205 Å². The van der Waals surface area contributed by atoms with Gasteiger partial charge in [-0.05, 0) is 60.4 Å². The average Bonchev–Trinajstić information content (AvgIpc) is 3.42. The van der Waals surface area contributed by atoms with Gasteiger partial charge in [-0.3, -0.25) is 19.2 Å². The van der Waals surface area contributed by atoms with Crippen molar-refractivity contribution in [2.75, 3.05) is 0 Å². The quantitative estimate of drug-likeness (QED) is 0.224. The molecule has 11 heteroatoms. The predicted octanol–water partition coefficient (Wildman–Crippen LogP) is 4.40. The number of esters is 2. The molecule has 0 amide bonds. The van der Waals surface area contributed by atoms with Crippen LogP contribution in [0, 0.1) is 47.3 Å². The number of carbonyl (C=O) groups is 4. The third-order valence-corrected chi connectivity index (χ3v) is 15.6. The normalized spacial score (nSPS) is 41.9. The molecule has 4 aliphatic rings. The van der Waals surface area contributed by atoms with Gasteiger partial charge in [-0.1, -0.05) is 26.2 Å². The highest BCUT2D eigenvalue weighted by molar-refractivity contribution is 7.20. The lowest BCUT2D eigenvalue weighted by Crippen LogP contribution is -2.45. The molecule has 4 saturated carbocycles. The van der Waals surface area contributed by atoms with E-state index in [-0.39, 0.29) is 34.8 Å². The van der Waals surface area contributed by atoms with E-state index in [1.165, 1.54) is 0 Å². The Kier molecular flexibility index (Phi) is 6.37. The molecule has 0 aromatic rings. The molecule has 7 nitrogen and oxygen atoms in total. The van der Waals surface area contributed by atoms with Gasteiger partial charge in [0, 0.05) is 0 Å². The van der Waals surface area contributed by atoms with Crippen LogP contribution in [0.2, 0.25) is 37.3 Å². The number of carboxylic acids is 2. The minimum atomic E-state index is -2.12. The van der Waals surface area contributed by atoms with Crippen LogP contribution in [0.4, 0.5) is 0 Å². The maximum Gasteiger partial charge on any atom is 0.317 e. The molecule has 0 aromatic carbocycles. The van der Waals surface area contributed by atoms with Crippen molar-refractivity contribution in [3.8, 4) is 0 Å². The highest BCUT2D eigenvalue weighted by atomic mass is 35.6. The minimum Gasteiger partial charge on any atom is -0.481 e. The van der Waals surface area contributed by atoms with Crippen LogP contribution >= 0.6 is 22.2 Å². The summed E-state index contributed by atoms with van der Waals surface area (Å²) in [4.78, 5) is 50.4. The first-order chi connectivity index (χ1) is 15.1. The SMILES string of the molecule is C[Si](C)(Cl)C1CC2CC1C(C(=O)O)C2C(=O)OC(=O)C1C2CC(C1C(=O)O)C([Si](C)(C)Cl)C2. The Morgan fingerprint density at radius 3 is 1.27 bits per heavy atom. The van der Waals surface area contributed by atoms with Crippen molar-refractivity contribution in [1.82, 2.24) is 0 Å². The monoisotopic (exact) mass is 534 g/mol. The van der Waals surface area contributed by atoms with E-state index < -0.39 is 62.3 Å². The molecule has 184 valence electrons. The molecule has 0 saturated heterocycles. The topological polar surface area (TPSA) is 118 Å². The number of carboxylic acid groups (broad SMARTS) is 2. The summed E-state index contributed by atoms with van der Waals surface area (Å²) in [5.41, 5.74) is 0.207. The van der Waals surface area contributed by atoms with Crippen LogP contribution in [0.3, 0.4) is 0 Å². The second-order valence-corrected chi connectivity index (χ2v) is 25.2. The van der Waals surface area contributed by atoms with Gasteiger partial charge in [0.05, 0.1) is 23.7 Å². The number of fused-ring (bicyclic) bond motifs is 4. The lowest BCUT2D eigenvalue weighted by atomic mass is 9.78. The Morgan fingerprint density at radius 2 is 1.00 bits per heavy atom. The van der Waals surface area contributed by atoms with E-state index in [1.807, 2.05) is 26.2 Å². The van der Waals surface area contributed by atoms with Gasteiger partial charge in [0.2, 0.25) is 0 Å². The van der Waals surface area contributed by atoms with E-state index in [1.54, 1.807) is 0 Å². The number of hydrogen-bond donors (Lipinski definition) is 2. The van der Waals surface area contributed by atoms with Gasteiger partial charge in [-0.15, -0.1) is 0 Å². The minimum absolute atomic E-state index is 0.104. The van der Waals surface area contributed by atoms with Gasteiger partial charge >= 0.3 is 23.9 Å². The van der Waals surface area contributed by atoms with Gasteiger partial charge in [-0.25, -0.2) is 0 Å². The summed E-state index contributed by atoms with van der Waals surface area (Å²) < 4.78 is 5.28. The van der Waals surface area contributed by atoms with Gasteiger partial charge in [-0.2, -0.15) is 22.2 Å². The van der Waals surface area contributed by atoms with Crippen LogP contribution < -0.4 is 0 Å². The molecule has 4 fully saturated rings. The lowest BCUT2D eigenvalue weighted by Gasteiger charge is -2.38. The molecule has 4 rings (SSSR count). The first-order valence-electron chi connectivity index (χ1n) is 11.7. The van der Waals surface area contributed by atoms with Crippen LogP contribution in [-0.4, -0.2) is 48.9 Å². The maximum absolute atomic E-state index is 13.1. The third-order valence-electron chi connectivity index (χ3n) is 9.09. The fourth-order valence-corrected chi connectivity index (χ4v) is 13.8. The number of ether oxygens (including phenoxy) is 1. The first kappa shape index (κ1) is 25.2. The van der Waals surface area contributed by atoms with Crippen LogP contribution in [0.5, 0.6) is 0 Å². The van der Waals surface area contributed by atoms with E-state index in [0.717, 1.165) is 0 Å². The number of aliphatic carboxylic acids is 2. The fourth-order valence-electron chi connectivity index (χ4n) is 7.89. The zero-order valence-electron chi connectivity index (χ0n) is 19.3. The molecule has 0 aromatic heterocycles. The van der Waals surface area contributed by atoms with Crippen LogP contribution in [0.25, 0.3) is 0 Å².